The van der Waals surface area contributed by atoms with E-state index in [4.69, 9.17) is 20.4 Å². The number of aliphatic hydroxyl groups is 4. The van der Waals surface area contributed by atoms with Crippen LogP contribution in [0.4, 0.5) is 0 Å². The van der Waals surface area contributed by atoms with Gasteiger partial charge in [-0.1, -0.05) is 0 Å². The fourth-order valence-corrected chi connectivity index (χ4v) is 0.302. The maximum Gasteiger partial charge on any atom is 0.113 e. The van der Waals surface area contributed by atoms with Gasteiger partial charge in [-0.15, -0.1) is 0 Å². The first-order valence-electron chi connectivity index (χ1n) is 2.66. The van der Waals surface area contributed by atoms with Crippen molar-refractivity contribution in [2.75, 3.05) is 13.2 Å². The molecule has 4 heteroatoms. The van der Waals surface area contributed by atoms with Gasteiger partial charge in [-0.3, -0.25) is 0 Å². The highest BCUT2D eigenvalue weighted by Gasteiger charge is 2.28. The predicted octanol–water partition coefficient (Wildman–Crippen LogP) is -1.92. The molecular formula is C5H12O4. The molecule has 0 aliphatic carbocycles. The molecule has 0 saturated carbocycles. The highest BCUT2D eigenvalue weighted by Crippen LogP contribution is 2.06. The molecule has 0 aliphatic heterocycles. The highest BCUT2D eigenvalue weighted by molar-refractivity contribution is 4.79. The van der Waals surface area contributed by atoms with E-state index >= 15 is 0 Å². The standard InChI is InChI=1S/C5H12O4/c1-5(9,3-7)4(8)2-6/h4,6-9H,2-3H2,1H3/t4-,5?/m1/s1. The summed E-state index contributed by atoms with van der Waals surface area (Å²) >= 11 is 0. The van der Waals surface area contributed by atoms with Gasteiger partial charge in [0.1, 0.15) is 11.7 Å². The average molecular weight is 136 g/mol. The van der Waals surface area contributed by atoms with E-state index in [-0.39, 0.29) is 0 Å². The van der Waals surface area contributed by atoms with Crippen LogP contribution in [0.5, 0.6) is 0 Å². The highest BCUT2D eigenvalue weighted by atomic mass is 16.4. The molecule has 9 heavy (non-hydrogen) atoms. The van der Waals surface area contributed by atoms with Crippen LogP contribution in [0.15, 0.2) is 0 Å². The normalized spacial score (nSPS) is 21.0. The first-order valence-corrected chi connectivity index (χ1v) is 2.66. The van der Waals surface area contributed by atoms with Crippen LogP contribution in [0.2, 0.25) is 0 Å². The maximum atomic E-state index is 8.93. The molecule has 4 nitrogen and oxygen atoms in total. The Hall–Kier alpha value is -0.160. The zero-order chi connectivity index (χ0) is 7.49. The van der Waals surface area contributed by atoms with Gasteiger partial charge in [0.05, 0.1) is 13.2 Å². The topological polar surface area (TPSA) is 80.9 Å². The number of aliphatic hydroxyl groups excluding tert-OH is 3. The van der Waals surface area contributed by atoms with Gasteiger partial charge in [-0.25, -0.2) is 0 Å². The Balaban J connectivity index is 3.80. The van der Waals surface area contributed by atoms with E-state index in [0.717, 1.165) is 0 Å². The van der Waals surface area contributed by atoms with Crippen molar-refractivity contribution < 1.29 is 20.4 Å². The third-order valence-corrected chi connectivity index (χ3v) is 1.21. The molecule has 2 atom stereocenters. The molecule has 0 aliphatic rings. The average Bonchev–Trinajstić information content (AvgIpc) is 1.86. The Morgan fingerprint density at radius 1 is 1.44 bits per heavy atom. The second kappa shape index (κ2) is 3.12. The molecule has 4 N–H and O–H groups in total. The van der Waals surface area contributed by atoms with E-state index in [9.17, 15) is 0 Å². The Morgan fingerprint density at radius 3 is 2.00 bits per heavy atom. The molecular weight excluding hydrogens is 124 g/mol. The van der Waals surface area contributed by atoms with E-state index in [1.807, 2.05) is 0 Å². The lowest BCUT2D eigenvalue weighted by atomic mass is 10.0. The molecule has 0 spiro atoms. The summed E-state index contributed by atoms with van der Waals surface area (Å²) in [6, 6.07) is 0. The second-order valence-electron chi connectivity index (χ2n) is 2.21. The van der Waals surface area contributed by atoms with Gasteiger partial charge in [0, 0.05) is 0 Å². The van der Waals surface area contributed by atoms with E-state index in [1.165, 1.54) is 6.92 Å². The van der Waals surface area contributed by atoms with Crippen LogP contribution >= 0.6 is 0 Å². The first kappa shape index (κ1) is 8.84. The lowest BCUT2D eigenvalue weighted by molar-refractivity contribution is -0.108. The summed E-state index contributed by atoms with van der Waals surface area (Å²) in [6.45, 7) is 0.135. The maximum absolute atomic E-state index is 8.93. The van der Waals surface area contributed by atoms with Gasteiger partial charge in [-0.2, -0.15) is 0 Å². The Morgan fingerprint density at radius 2 is 1.89 bits per heavy atom. The van der Waals surface area contributed by atoms with Gasteiger partial charge < -0.3 is 20.4 Å². The molecule has 0 rings (SSSR count). The van der Waals surface area contributed by atoms with Crippen LogP contribution < -0.4 is 0 Å². The quantitative estimate of drug-likeness (QED) is 0.364. The molecule has 0 bridgehead atoms. The Bertz CT molecular complexity index is 81.0. The lowest BCUT2D eigenvalue weighted by Crippen LogP contribution is -2.44. The van der Waals surface area contributed by atoms with Crippen LogP contribution in [0, 0.1) is 0 Å². The smallest absolute Gasteiger partial charge is 0.113 e. The minimum absolute atomic E-state index is 0.548. The van der Waals surface area contributed by atoms with Crippen molar-refractivity contribution in [3.63, 3.8) is 0 Å². The minimum Gasteiger partial charge on any atom is -0.394 e. The van der Waals surface area contributed by atoms with Crippen molar-refractivity contribution in [1.29, 1.82) is 0 Å². The molecule has 56 valence electrons. The monoisotopic (exact) mass is 136 g/mol. The van der Waals surface area contributed by atoms with E-state index in [1.54, 1.807) is 0 Å². The zero-order valence-electron chi connectivity index (χ0n) is 5.28. The van der Waals surface area contributed by atoms with Crippen molar-refractivity contribution >= 4 is 0 Å². The summed E-state index contributed by atoms with van der Waals surface area (Å²) in [5.74, 6) is 0. The van der Waals surface area contributed by atoms with Crippen LogP contribution in [-0.4, -0.2) is 45.3 Å². The summed E-state index contributed by atoms with van der Waals surface area (Å²) in [4.78, 5) is 0. The van der Waals surface area contributed by atoms with Crippen LogP contribution in [0.25, 0.3) is 0 Å². The van der Waals surface area contributed by atoms with Gasteiger partial charge in [0.25, 0.3) is 0 Å². The molecule has 0 aromatic heterocycles. The van der Waals surface area contributed by atoms with Gasteiger partial charge >= 0.3 is 0 Å². The van der Waals surface area contributed by atoms with Gasteiger partial charge in [0.2, 0.25) is 0 Å². The van der Waals surface area contributed by atoms with E-state index in [0.29, 0.717) is 0 Å². The van der Waals surface area contributed by atoms with Crippen molar-refractivity contribution in [2.45, 2.75) is 18.6 Å². The minimum atomic E-state index is -1.59. The molecule has 1 unspecified atom stereocenters. The first-order chi connectivity index (χ1) is 4.04. The van der Waals surface area contributed by atoms with E-state index < -0.39 is 24.9 Å². The number of hydrogen-bond donors (Lipinski definition) is 4. The molecule has 0 aromatic carbocycles. The van der Waals surface area contributed by atoms with E-state index in [2.05, 4.69) is 0 Å². The third kappa shape index (κ3) is 2.28. The van der Waals surface area contributed by atoms with Gasteiger partial charge in [0.15, 0.2) is 0 Å². The van der Waals surface area contributed by atoms with Crippen molar-refractivity contribution in [2.24, 2.45) is 0 Å². The Labute approximate surface area is 53.4 Å². The zero-order valence-corrected chi connectivity index (χ0v) is 5.28. The molecule has 0 aromatic rings. The summed E-state index contributed by atoms with van der Waals surface area (Å²) < 4.78 is 0. The number of hydrogen-bond acceptors (Lipinski definition) is 4. The second-order valence-corrected chi connectivity index (χ2v) is 2.21. The van der Waals surface area contributed by atoms with Crippen LogP contribution in [0.3, 0.4) is 0 Å². The fourth-order valence-electron chi connectivity index (χ4n) is 0.302. The molecule has 0 fully saturated rings. The predicted molar refractivity (Wildman–Crippen MR) is 30.8 cm³/mol. The largest absolute Gasteiger partial charge is 0.394 e. The van der Waals surface area contributed by atoms with Gasteiger partial charge in [-0.05, 0) is 6.92 Å². The summed E-state index contributed by atoms with van der Waals surface area (Å²) in [5, 5.41) is 34.3. The van der Waals surface area contributed by atoms with Crippen LogP contribution in [0.1, 0.15) is 6.92 Å². The van der Waals surface area contributed by atoms with Crippen molar-refractivity contribution in [1.82, 2.24) is 0 Å². The Kier molecular flexibility index (Phi) is 3.07. The lowest BCUT2D eigenvalue weighted by Gasteiger charge is -2.24. The summed E-state index contributed by atoms with van der Waals surface area (Å²) in [6.07, 6.45) is -1.28. The molecule has 0 saturated heterocycles. The molecule has 0 radical (unpaired) electrons. The molecule has 0 amide bonds. The summed E-state index contributed by atoms with van der Waals surface area (Å²) in [5.41, 5.74) is -1.59. The SMILES string of the molecule is CC(O)(CO)[C@H](O)CO. The molecule has 0 heterocycles. The third-order valence-electron chi connectivity index (χ3n) is 1.21. The van der Waals surface area contributed by atoms with Crippen molar-refractivity contribution in [3.8, 4) is 0 Å². The fraction of sp³-hybridized carbons (Fsp3) is 1.00. The van der Waals surface area contributed by atoms with Crippen molar-refractivity contribution in [3.05, 3.63) is 0 Å². The van der Waals surface area contributed by atoms with Crippen LogP contribution in [-0.2, 0) is 0 Å². The summed E-state index contributed by atoms with van der Waals surface area (Å²) in [7, 11) is 0. The number of rotatable bonds is 3.